The van der Waals surface area contributed by atoms with E-state index >= 15 is 0 Å². The summed E-state index contributed by atoms with van der Waals surface area (Å²) in [6, 6.07) is 12.2. The maximum Gasteiger partial charge on any atom is 0.337 e. The highest BCUT2D eigenvalue weighted by Gasteiger charge is 2.08. The molecule has 0 aliphatic rings. The molecule has 0 aliphatic heterocycles. The third kappa shape index (κ3) is 3.05. The first-order valence-corrected chi connectivity index (χ1v) is 6.59. The summed E-state index contributed by atoms with van der Waals surface area (Å²) >= 11 is 3.35. The molecule has 0 aliphatic carbocycles. The van der Waals surface area contributed by atoms with Crippen molar-refractivity contribution in [3.63, 3.8) is 0 Å². The molecule has 0 bridgehead atoms. The zero-order valence-corrected chi connectivity index (χ0v) is 12.3. The average molecular weight is 334 g/mol. The van der Waals surface area contributed by atoms with Crippen molar-refractivity contribution in [2.45, 2.75) is 0 Å². The molecule has 102 valence electrons. The molecule has 0 spiro atoms. The van der Waals surface area contributed by atoms with Crippen LogP contribution in [0.15, 0.2) is 46.9 Å². The summed E-state index contributed by atoms with van der Waals surface area (Å²) in [7, 11) is 1.34. The number of halogens is 1. The normalized spacial score (nSPS) is 10.1. The second kappa shape index (κ2) is 5.88. The Morgan fingerprint density at radius 2 is 1.65 bits per heavy atom. The molecule has 0 radical (unpaired) electrons. The van der Waals surface area contributed by atoms with E-state index < -0.39 is 5.91 Å². The molecule has 0 saturated carbocycles. The van der Waals surface area contributed by atoms with Crippen molar-refractivity contribution in [3.05, 3.63) is 58.1 Å². The van der Waals surface area contributed by atoms with Crippen LogP contribution in [0.1, 0.15) is 20.7 Å². The van der Waals surface area contributed by atoms with Crippen molar-refractivity contribution in [1.82, 2.24) is 0 Å². The molecule has 0 unspecified atom stereocenters. The Morgan fingerprint density at radius 1 is 1.00 bits per heavy atom. The number of benzene rings is 2. The lowest BCUT2D eigenvalue weighted by molar-refractivity contribution is 0.0600. The molecular weight excluding hydrogens is 322 g/mol. The van der Waals surface area contributed by atoms with Gasteiger partial charge in [0.25, 0.3) is 0 Å². The Morgan fingerprint density at radius 3 is 2.20 bits per heavy atom. The smallest absolute Gasteiger partial charge is 0.337 e. The molecule has 0 heterocycles. The third-order valence-corrected chi connectivity index (χ3v) is 3.28. The van der Waals surface area contributed by atoms with Crippen LogP contribution in [0.2, 0.25) is 0 Å². The number of carbonyl (C=O) groups excluding carboxylic acids is 2. The fraction of sp³-hybridized carbons (Fsp3) is 0.0667. The summed E-state index contributed by atoms with van der Waals surface area (Å²) in [5.41, 5.74) is 7.90. The number of amides is 1. The first kappa shape index (κ1) is 14.3. The minimum Gasteiger partial charge on any atom is -0.465 e. The van der Waals surface area contributed by atoms with E-state index in [1.165, 1.54) is 7.11 Å². The van der Waals surface area contributed by atoms with Crippen molar-refractivity contribution in [2.24, 2.45) is 5.73 Å². The number of hydrogen-bond acceptors (Lipinski definition) is 3. The summed E-state index contributed by atoms with van der Waals surface area (Å²) in [6.45, 7) is 0. The van der Waals surface area contributed by atoms with Crippen molar-refractivity contribution < 1.29 is 14.3 Å². The number of methoxy groups -OCH3 is 1. The highest BCUT2D eigenvalue weighted by atomic mass is 79.9. The van der Waals surface area contributed by atoms with Gasteiger partial charge in [-0.3, -0.25) is 4.79 Å². The average Bonchev–Trinajstić information content (AvgIpc) is 2.46. The monoisotopic (exact) mass is 333 g/mol. The van der Waals surface area contributed by atoms with Crippen molar-refractivity contribution in [1.29, 1.82) is 0 Å². The summed E-state index contributed by atoms with van der Waals surface area (Å²) < 4.78 is 5.41. The van der Waals surface area contributed by atoms with Crippen LogP contribution in [0.3, 0.4) is 0 Å². The van der Waals surface area contributed by atoms with Gasteiger partial charge in [-0.15, -0.1) is 0 Å². The number of primary amides is 1. The van der Waals surface area contributed by atoms with Gasteiger partial charge in [0.05, 0.1) is 12.7 Å². The van der Waals surface area contributed by atoms with E-state index in [9.17, 15) is 9.59 Å². The van der Waals surface area contributed by atoms with Gasteiger partial charge in [0.15, 0.2) is 0 Å². The van der Waals surface area contributed by atoms with Crippen LogP contribution in [0, 0.1) is 0 Å². The van der Waals surface area contributed by atoms with Gasteiger partial charge < -0.3 is 10.5 Å². The highest BCUT2D eigenvalue weighted by molar-refractivity contribution is 9.10. The fourth-order valence-electron chi connectivity index (χ4n) is 1.82. The van der Waals surface area contributed by atoms with E-state index in [4.69, 9.17) is 5.73 Å². The highest BCUT2D eigenvalue weighted by Crippen LogP contribution is 2.25. The first-order chi connectivity index (χ1) is 9.51. The molecule has 0 aromatic heterocycles. The molecular formula is C15H12BrNO3. The quantitative estimate of drug-likeness (QED) is 0.878. The minimum atomic E-state index is -0.487. The summed E-state index contributed by atoms with van der Waals surface area (Å²) in [4.78, 5) is 22.6. The van der Waals surface area contributed by atoms with Gasteiger partial charge in [0.1, 0.15) is 0 Å². The largest absolute Gasteiger partial charge is 0.465 e. The maximum absolute atomic E-state index is 11.4. The zero-order valence-electron chi connectivity index (χ0n) is 10.7. The molecule has 4 nitrogen and oxygen atoms in total. The van der Waals surface area contributed by atoms with Gasteiger partial charge in [-0.25, -0.2) is 4.79 Å². The van der Waals surface area contributed by atoms with Crippen LogP contribution in [0.25, 0.3) is 11.1 Å². The predicted octanol–water partition coefficient (Wildman–Crippen LogP) is 3.00. The predicted molar refractivity (Wildman–Crippen MR) is 79.4 cm³/mol. The van der Waals surface area contributed by atoms with Gasteiger partial charge in [-0.05, 0) is 41.5 Å². The maximum atomic E-state index is 11.4. The number of hydrogen-bond donors (Lipinski definition) is 1. The fourth-order valence-corrected chi connectivity index (χ4v) is 2.31. The second-order valence-electron chi connectivity index (χ2n) is 4.16. The van der Waals surface area contributed by atoms with Gasteiger partial charge in [-0.2, -0.15) is 0 Å². The molecule has 0 atom stereocenters. The SMILES string of the molecule is COC(=O)c1ccc(-c2cc(Br)cc(C(N)=O)c2)cc1. The van der Waals surface area contributed by atoms with Crippen LogP contribution in [-0.2, 0) is 4.74 Å². The Hall–Kier alpha value is -2.14. The number of esters is 1. The summed E-state index contributed by atoms with van der Waals surface area (Å²) in [5, 5.41) is 0. The van der Waals surface area contributed by atoms with E-state index in [1.807, 2.05) is 6.07 Å². The first-order valence-electron chi connectivity index (χ1n) is 5.80. The van der Waals surface area contributed by atoms with E-state index in [-0.39, 0.29) is 5.97 Å². The Bertz CT molecular complexity index is 665. The molecule has 5 heteroatoms. The third-order valence-electron chi connectivity index (χ3n) is 2.82. The van der Waals surface area contributed by atoms with Crippen molar-refractivity contribution >= 4 is 27.8 Å². The lowest BCUT2D eigenvalue weighted by Gasteiger charge is -2.06. The molecule has 2 N–H and O–H groups in total. The molecule has 0 fully saturated rings. The topological polar surface area (TPSA) is 69.4 Å². The van der Waals surface area contributed by atoms with Crippen LogP contribution in [0.4, 0.5) is 0 Å². The van der Waals surface area contributed by atoms with Crippen LogP contribution >= 0.6 is 15.9 Å². The lowest BCUT2D eigenvalue weighted by Crippen LogP contribution is -2.10. The van der Waals surface area contributed by atoms with Gasteiger partial charge in [0.2, 0.25) is 5.91 Å². The van der Waals surface area contributed by atoms with Crippen LogP contribution in [-0.4, -0.2) is 19.0 Å². The molecule has 20 heavy (non-hydrogen) atoms. The minimum absolute atomic E-state index is 0.386. The zero-order chi connectivity index (χ0) is 14.7. The Balaban J connectivity index is 2.41. The van der Waals surface area contributed by atoms with Gasteiger partial charge >= 0.3 is 5.97 Å². The standard InChI is InChI=1S/C15H12BrNO3/c1-20-15(19)10-4-2-9(3-5-10)11-6-12(14(17)18)8-13(16)7-11/h2-8H,1H3,(H2,17,18). The molecule has 1 amide bonds. The molecule has 2 aromatic carbocycles. The van der Waals surface area contributed by atoms with E-state index in [0.29, 0.717) is 11.1 Å². The number of carbonyl (C=O) groups is 2. The Labute approximate surface area is 124 Å². The van der Waals surface area contributed by atoms with Crippen molar-refractivity contribution in [3.8, 4) is 11.1 Å². The summed E-state index contributed by atoms with van der Waals surface area (Å²) in [5.74, 6) is -0.873. The van der Waals surface area contributed by atoms with Crippen LogP contribution in [0.5, 0.6) is 0 Å². The van der Waals surface area contributed by atoms with Gasteiger partial charge in [-0.1, -0.05) is 28.1 Å². The molecule has 0 saturated heterocycles. The van der Waals surface area contributed by atoms with Crippen LogP contribution < -0.4 is 5.73 Å². The van der Waals surface area contributed by atoms with Gasteiger partial charge in [0, 0.05) is 10.0 Å². The Kier molecular flexibility index (Phi) is 4.20. The van der Waals surface area contributed by atoms with Crippen molar-refractivity contribution in [2.75, 3.05) is 7.11 Å². The van der Waals surface area contributed by atoms with E-state index in [2.05, 4.69) is 20.7 Å². The number of ether oxygens (including phenoxy) is 1. The molecule has 2 rings (SSSR count). The van der Waals surface area contributed by atoms with E-state index in [1.54, 1.807) is 36.4 Å². The molecule has 2 aromatic rings. The lowest BCUT2D eigenvalue weighted by atomic mass is 10.0. The summed E-state index contributed by atoms with van der Waals surface area (Å²) in [6.07, 6.45) is 0. The van der Waals surface area contributed by atoms with E-state index in [0.717, 1.165) is 15.6 Å². The number of nitrogens with two attached hydrogens (primary N) is 1. The number of rotatable bonds is 3. The second-order valence-corrected chi connectivity index (χ2v) is 5.08.